The van der Waals surface area contributed by atoms with Gasteiger partial charge in [0.2, 0.25) is 0 Å². The highest BCUT2D eigenvalue weighted by Gasteiger charge is 2.05. The molecule has 1 atom stereocenters. The molecule has 0 saturated carbocycles. The van der Waals surface area contributed by atoms with Crippen LogP contribution in [-0.2, 0) is 9.59 Å². The van der Waals surface area contributed by atoms with Crippen molar-refractivity contribution in [2.24, 2.45) is 5.92 Å². The van der Waals surface area contributed by atoms with Gasteiger partial charge in [0.05, 0.1) is 0 Å². The zero-order valence-electron chi connectivity index (χ0n) is 5.33. The molecule has 0 fully saturated rings. The average molecular weight is 127 g/mol. The minimum Gasteiger partial charge on any atom is -0.303 e. The van der Waals surface area contributed by atoms with Gasteiger partial charge in [-0.25, -0.2) is 0 Å². The third kappa shape index (κ3) is 5.00. The lowest BCUT2D eigenvalue weighted by Crippen LogP contribution is -2.05. The average Bonchev–Trinajstić information content (AvgIpc) is 1.63. The van der Waals surface area contributed by atoms with Gasteiger partial charge in [0.1, 0.15) is 6.29 Å². The Kier molecular flexibility index (Phi) is 3.67. The van der Waals surface area contributed by atoms with E-state index in [0.29, 0.717) is 6.42 Å². The van der Waals surface area contributed by atoms with Crippen LogP contribution in [-0.4, -0.2) is 12.2 Å². The quantitative estimate of drug-likeness (QED) is 0.506. The van der Waals surface area contributed by atoms with Crippen molar-refractivity contribution in [3.8, 4) is 0 Å². The topological polar surface area (TPSA) is 56.4 Å². The van der Waals surface area contributed by atoms with Gasteiger partial charge in [-0.05, 0) is 5.92 Å². The summed E-state index contributed by atoms with van der Waals surface area (Å²) in [5.41, 5.74) is 8.19. The number of amides is 1. The van der Waals surface area contributed by atoms with Gasteiger partial charge in [-0.15, -0.1) is 5.73 Å². The van der Waals surface area contributed by atoms with Crippen LogP contribution in [0.4, 0.5) is 0 Å². The molecule has 0 aromatic heterocycles. The van der Waals surface area contributed by atoms with Crippen molar-refractivity contribution in [3.05, 3.63) is 0 Å². The Balaban J connectivity index is 3.37. The second-order valence-corrected chi connectivity index (χ2v) is 2.11. The molecule has 0 bridgehead atoms. The Bertz CT molecular complexity index is 112. The minimum atomic E-state index is -0.843. The molecule has 0 N–H and O–H groups in total. The fourth-order valence-electron chi connectivity index (χ4n) is 0.546. The first-order valence-electron chi connectivity index (χ1n) is 2.82. The van der Waals surface area contributed by atoms with Crippen LogP contribution in [0.15, 0.2) is 0 Å². The number of aldehydes is 1. The second-order valence-electron chi connectivity index (χ2n) is 2.11. The molecular formula is C6H9NO2. The standard InChI is InChI=1S/C6H9NO2/c1-5(2-3-8)4-6(7)9/h3,5H,2,4H2,1H3. The molecule has 50 valence electrons. The lowest BCUT2D eigenvalue weighted by atomic mass is 10.1. The van der Waals surface area contributed by atoms with Gasteiger partial charge in [-0.3, -0.25) is 4.79 Å². The zero-order chi connectivity index (χ0) is 7.28. The van der Waals surface area contributed by atoms with Crippen LogP contribution in [0.5, 0.6) is 0 Å². The van der Waals surface area contributed by atoms with E-state index in [-0.39, 0.29) is 12.3 Å². The van der Waals surface area contributed by atoms with Crippen LogP contribution in [0.25, 0.3) is 0 Å². The molecule has 2 radical (unpaired) electrons. The Morgan fingerprint density at radius 1 is 1.78 bits per heavy atom. The molecule has 9 heavy (non-hydrogen) atoms. The molecule has 1 amide bonds. The summed E-state index contributed by atoms with van der Waals surface area (Å²) in [5, 5.41) is 0. The molecule has 3 heteroatoms. The molecule has 0 aromatic carbocycles. The number of carbonyl (C=O) groups is 2. The predicted octanol–water partition coefficient (Wildman–Crippen LogP) is 0.197. The summed E-state index contributed by atoms with van der Waals surface area (Å²) in [6, 6.07) is 0. The fourth-order valence-corrected chi connectivity index (χ4v) is 0.546. The summed E-state index contributed by atoms with van der Waals surface area (Å²) in [6.07, 6.45) is 1.17. The number of nitrogens with zero attached hydrogens (tertiary/aromatic N) is 1. The van der Waals surface area contributed by atoms with E-state index in [9.17, 15) is 9.59 Å². The first kappa shape index (κ1) is 8.14. The summed E-state index contributed by atoms with van der Waals surface area (Å²) in [6.45, 7) is 1.74. The highest BCUT2D eigenvalue weighted by Crippen LogP contribution is 2.03. The molecule has 3 nitrogen and oxygen atoms in total. The minimum absolute atomic E-state index is 0.0278. The lowest BCUT2D eigenvalue weighted by molar-refractivity contribution is -0.119. The van der Waals surface area contributed by atoms with E-state index in [4.69, 9.17) is 5.73 Å². The molecule has 1 unspecified atom stereocenters. The highest BCUT2D eigenvalue weighted by atomic mass is 16.1. The molecular weight excluding hydrogens is 118 g/mol. The van der Waals surface area contributed by atoms with Crippen LogP contribution < -0.4 is 5.73 Å². The summed E-state index contributed by atoms with van der Waals surface area (Å²) in [5.74, 6) is -0.871. The van der Waals surface area contributed by atoms with Gasteiger partial charge < -0.3 is 4.79 Å². The molecule has 0 rings (SSSR count). The maximum Gasteiger partial charge on any atom is 0.265 e. The molecule has 0 aliphatic rings. The van der Waals surface area contributed by atoms with Crippen molar-refractivity contribution in [1.29, 1.82) is 0 Å². The molecule has 0 spiro atoms. The molecule has 0 aromatic rings. The van der Waals surface area contributed by atoms with Gasteiger partial charge in [0, 0.05) is 12.8 Å². The van der Waals surface area contributed by atoms with Crippen LogP contribution in [0, 0.1) is 5.92 Å². The summed E-state index contributed by atoms with van der Waals surface area (Å²) in [7, 11) is 0. The predicted molar refractivity (Wildman–Crippen MR) is 31.6 cm³/mol. The van der Waals surface area contributed by atoms with Gasteiger partial charge >= 0.3 is 0 Å². The smallest absolute Gasteiger partial charge is 0.265 e. The van der Waals surface area contributed by atoms with Gasteiger partial charge in [-0.2, -0.15) is 0 Å². The van der Waals surface area contributed by atoms with Crippen molar-refractivity contribution < 1.29 is 9.59 Å². The monoisotopic (exact) mass is 127 g/mol. The number of hydrogen-bond acceptors (Lipinski definition) is 2. The van der Waals surface area contributed by atoms with Crippen LogP contribution >= 0.6 is 0 Å². The van der Waals surface area contributed by atoms with Crippen molar-refractivity contribution in [1.82, 2.24) is 5.73 Å². The van der Waals surface area contributed by atoms with E-state index in [1.807, 2.05) is 0 Å². The van der Waals surface area contributed by atoms with E-state index in [0.717, 1.165) is 6.29 Å². The maximum absolute atomic E-state index is 9.97. The summed E-state index contributed by atoms with van der Waals surface area (Å²) < 4.78 is 0. The van der Waals surface area contributed by atoms with Crippen molar-refractivity contribution in [3.63, 3.8) is 0 Å². The zero-order valence-corrected chi connectivity index (χ0v) is 5.33. The number of hydrogen-bond donors (Lipinski definition) is 0. The lowest BCUT2D eigenvalue weighted by Gasteiger charge is -1.99. The van der Waals surface area contributed by atoms with Crippen LogP contribution in [0.2, 0.25) is 0 Å². The third-order valence-electron chi connectivity index (χ3n) is 1.02. The molecule has 0 aliphatic heterocycles. The Labute approximate surface area is 54.2 Å². The fraction of sp³-hybridized carbons (Fsp3) is 0.667. The van der Waals surface area contributed by atoms with E-state index < -0.39 is 5.91 Å². The number of carbonyl (C=O) groups excluding carboxylic acids is 2. The molecule has 0 aliphatic carbocycles. The SMILES string of the molecule is CC(CC=O)CC([N])=O. The molecule has 0 heterocycles. The normalized spacial score (nSPS) is 12.6. The molecule has 0 saturated heterocycles. The van der Waals surface area contributed by atoms with Crippen molar-refractivity contribution >= 4 is 12.2 Å². The van der Waals surface area contributed by atoms with E-state index in [2.05, 4.69) is 0 Å². The first-order chi connectivity index (χ1) is 4.16. The third-order valence-corrected chi connectivity index (χ3v) is 1.02. The Hall–Kier alpha value is -0.860. The van der Waals surface area contributed by atoms with Gasteiger partial charge in [-0.1, -0.05) is 6.92 Å². The van der Waals surface area contributed by atoms with E-state index >= 15 is 0 Å². The van der Waals surface area contributed by atoms with Crippen molar-refractivity contribution in [2.45, 2.75) is 19.8 Å². The number of rotatable bonds is 4. The summed E-state index contributed by atoms with van der Waals surface area (Å²) in [4.78, 5) is 19.8. The van der Waals surface area contributed by atoms with Gasteiger partial charge in [0.15, 0.2) is 0 Å². The van der Waals surface area contributed by atoms with Crippen molar-refractivity contribution in [2.75, 3.05) is 0 Å². The van der Waals surface area contributed by atoms with Crippen LogP contribution in [0.1, 0.15) is 19.8 Å². The van der Waals surface area contributed by atoms with Gasteiger partial charge in [0.25, 0.3) is 5.91 Å². The largest absolute Gasteiger partial charge is 0.303 e. The summed E-state index contributed by atoms with van der Waals surface area (Å²) >= 11 is 0. The van der Waals surface area contributed by atoms with E-state index in [1.54, 1.807) is 6.92 Å². The Morgan fingerprint density at radius 3 is 2.67 bits per heavy atom. The Morgan fingerprint density at radius 2 is 2.33 bits per heavy atom. The first-order valence-corrected chi connectivity index (χ1v) is 2.82. The maximum atomic E-state index is 9.97. The highest BCUT2D eigenvalue weighted by molar-refractivity contribution is 5.73. The van der Waals surface area contributed by atoms with E-state index in [1.165, 1.54) is 0 Å². The second kappa shape index (κ2) is 4.06. The van der Waals surface area contributed by atoms with Crippen LogP contribution in [0.3, 0.4) is 0 Å².